The van der Waals surface area contributed by atoms with E-state index in [1.54, 1.807) is 6.20 Å². The van der Waals surface area contributed by atoms with Gasteiger partial charge in [0.2, 0.25) is 11.8 Å². The first-order valence-electron chi connectivity index (χ1n) is 10.1. The summed E-state index contributed by atoms with van der Waals surface area (Å²) in [6.45, 7) is 7.94. The van der Waals surface area contributed by atoms with Crippen molar-refractivity contribution < 1.29 is 9.59 Å². The van der Waals surface area contributed by atoms with Crippen molar-refractivity contribution in [3.63, 3.8) is 0 Å². The van der Waals surface area contributed by atoms with Gasteiger partial charge in [-0.15, -0.1) is 0 Å². The fourth-order valence-electron chi connectivity index (χ4n) is 4.36. The molecule has 2 aromatic rings. The molecule has 2 bridgehead atoms. The van der Waals surface area contributed by atoms with Gasteiger partial charge >= 0.3 is 0 Å². The smallest absolute Gasteiger partial charge is 0.228 e. The van der Waals surface area contributed by atoms with Crippen molar-refractivity contribution >= 4 is 17.5 Å². The number of fused-ring (bicyclic) bond motifs is 5. The van der Waals surface area contributed by atoms with E-state index in [9.17, 15) is 9.59 Å². The normalized spacial score (nSPS) is 21.9. The molecule has 0 radical (unpaired) electrons. The summed E-state index contributed by atoms with van der Waals surface area (Å²) in [5.74, 6) is 0.212. The molecule has 148 valence electrons. The number of amides is 2. The van der Waals surface area contributed by atoms with E-state index >= 15 is 0 Å². The Bertz CT molecular complexity index is 941. The number of hydrogen-bond donors (Lipinski definition) is 0. The minimum Gasteiger partial charge on any atom is -0.339 e. The van der Waals surface area contributed by atoms with Crippen LogP contribution in [0.4, 0.5) is 0 Å². The van der Waals surface area contributed by atoms with E-state index in [0.717, 1.165) is 29.7 Å². The maximum atomic E-state index is 13.1. The van der Waals surface area contributed by atoms with Crippen molar-refractivity contribution in [2.75, 3.05) is 19.6 Å². The van der Waals surface area contributed by atoms with E-state index < -0.39 is 0 Å². The summed E-state index contributed by atoms with van der Waals surface area (Å²) in [6.07, 6.45) is 8.02. The minimum atomic E-state index is -0.0716. The Balaban J connectivity index is 1.52. The highest BCUT2D eigenvalue weighted by Crippen LogP contribution is 2.29. The van der Waals surface area contributed by atoms with E-state index in [2.05, 4.69) is 11.1 Å². The monoisotopic (exact) mass is 380 g/mol. The molecular weight excluding hydrogens is 352 g/mol. The largest absolute Gasteiger partial charge is 0.339 e. The molecule has 0 N–H and O–H groups in total. The van der Waals surface area contributed by atoms with Gasteiger partial charge in [0.25, 0.3) is 0 Å². The van der Waals surface area contributed by atoms with Gasteiger partial charge in [-0.3, -0.25) is 9.59 Å². The number of imidazole rings is 1. The molecule has 0 unspecified atom stereocenters. The van der Waals surface area contributed by atoms with E-state index in [0.29, 0.717) is 26.1 Å². The predicted molar refractivity (Wildman–Crippen MR) is 108 cm³/mol. The van der Waals surface area contributed by atoms with Crippen LogP contribution in [-0.2, 0) is 16.0 Å². The number of pyridine rings is 1. The summed E-state index contributed by atoms with van der Waals surface area (Å²) in [7, 11) is 0. The first kappa shape index (κ1) is 18.7. The molecule has 2 amide bonds. The van der Waals surface area contributed by atoms with Crippen molar-refractivity contribution in [1.29, 1.82) is 0 Å². The summed E-state index contributed by atoms with van der Waals surface area (Å²) in [5.41, 5.74) is 4.09. The number of carbonyl (C=O) groups is 2. The Morgan fingerprint density at radius 1 is 1.29 bits per heavy atom. The maximum absolute atomic E-state index is 13.1. The minimum absolute atomic E-state index is 0.0716. The molecule has 3 aliphatic rings. The molecule has 2 atom stereocenters. The number of rotatable bonds is 4. The topological polar surface area (TPSA) is 57.9 Å². The van der Waals surface area contributed by atoms with Crippen LogP contribution in [0.1, 0.15) is 37.9 Å². The SMILES string of the molecule is CC(C)=CCN1C(=O)[C@H]2CC[C@@H]1CN(C(=O)Cc1cnc3c(C)cccn13)C2. The highest BCUT2D eigenvalue weighted by Gasteiger charge is 2.41. The van der Waals surface area contributed by atoms with Crippen LogP contribution in [0.3, 0.4) is 0 Å². The summed E-state index contributed by atoms with van der Waals surface area (Å²) in [6, 6.07) is 4.12. The molecular formula is C22H28N4O2. The molecule has 5 heterocycles. The molecule has 5 rings (SSSR count). The van der Waals surface area contributed by atoms with E-state index in [-0.39, 0.29) is 23.8 Å². The van der Waals surface area contributed by atoms with E-state index in [1.165, 1.54) is 5.57 Å². The van der Waals surface area contributed by atoms with Crippen molar-refractivity contribution in [3.05, 3.63) is 47.4 Å². The average molecular weight is 380 g/mol. The zero-order valence-electron chi connectivity index (χ0n) is 16.9. The maximum Gasteiger partial charge on any atom is 0.228 e. The Morgan fingerprint density at radius 2 is 2.11 bits per heavy atom. The van der Waals surface area contributed by atoms with Gasteiger partial charge in [-0.25, -0.2) is 4.98 Å². The molecule has 3 fully saturated rings. The third-order valence-electron chi connectivity index (χ3n) is 5.98. The standard InChI is InChI=1S/C22H28N4O2/c1-15(2)8-10-26-18-7-6-17(22(26)28)13-24(14-18)20(27)11-19-12-23-21-16(3)5-4-9-25(19)21/h4-5,8-9,12,17-18H,6-7,10-11,13-14H2,1-3H3/t17-,18+/m0/s1. The Kier molecular flexibility index (Phi) is 4.96. The first-order chi connectivity index (χ1) is 13.4. The fraction of sp³-hybridized carbons (Fsp3) is 0.500. The second-order valence-corrected chi connectivity index (χ2v) is 8.31. The van der Waals surface area contributed by atoms with E-state index in [4.69, 9.17) is 0 Å². The van der Waals surface area contributed by atoms with Crippen molar-refractivity contribution in [1.82, 2.24) is 19.2 Å². The lowest BCUT2D eigenvalue weighted by Gasteiger charge is -2.35. The molecule has 0 aliphatic carbocycles. The van der Waals surface area contributed by atoms with Gasteiger partial charge in [0.1, 0.15) is 5.65 Å². The van der Waals surface area contributed by atoms with Crippen LogP contribution in [-0.4, -0.2) is 56.7 Å². The van der Waals surface area contributed by atoms with Gasteiger partial charge in [-0.05, 0) is 45.2 Å². The van der Waals surface area contributed by atoms with Gasteiger partial charge in [0.15, 0.2) is 0 Å². The number of carbonyl (C=O) groups excluding carboxylic acids is 2. The number of allylic oxidation sites excluding steroid dienone is 1. The summed E-state index contributed by atoms with van der Waals surface area (Å²) < 4.78 is 1.99. The molecule has 0 saturated carbocycles. The average Bonchev–Trinajstić information content (AvgIpc) is 2.87. The second-order valence-electron chi connectivity index (χ2n) is 8.31. The molecule has 6 nitrogen and oxygen atoms in total. The molecule has 28 heavy (non-hydrogen) atoms. The zero-order chi connectivity index (χ0) is 19.8. The molecule has 0 aromatic carbocycles. The van der Waals surface area contributed by atoms with Gasteiger partial charge in [0.05, 0.1) is 18.0 Å². The lowest BCUT2D eigenvalue weighted by molar-refractivity contribution is -0.139. The van der Waals surface area contributed by atoms with E-state index in [1.807, 2.05) is 53.3 Å². The van der Waals surface area contributed by atoms with Crippen LogP contribution in [0, 0.1) is 12.8 Å². The number of piperidine rings is 1. The Morgan fingerprint density at radius 3 is 2.89 bits per heavy atom. The van der Waals surface area contributed by atoms with Crippen molar-refractivity contribution in [3.8, 4) is 0 Å². The summed E-state index contributed by atoms with van der Waals surface area (Å²) >= 11 is 0. The third kappa shape index (κ3) is 3.43. The summed E-state index contributed by atoms with van der Waals surface area (Å²) in [4.78, 5) is 34.3. The molecule has 2 aromatic heterocycles. The molecule has 3 saturated heterocycles. The molecule has 3 aliphatic heterocycles. The predicted octanol–water partition coefficient (Wildman–Crippen LogP) is 2.60. The van der Waals surface area contributed by atoms with Crippen molar-refractivity contribution in [2.24, 2.45) is 5.92 Å². The van der Waals surface area contributed by atoms with Crippen LogP contribution in [0.25, 0.3) is 5.65 Å². The Labute approximate surface area is 165 Å². The van der Waals surface area contributed by atoms with Crippen molar-refractivity contribution in [2.45, 2.75) is 46.1 Å². The quantitative estimate of drug-likeness (QED) is 0.766. The molecule has 0 spiro atoms. The Hall–Kier alpha value is -2.63. The third-order valence-corrected chi connectivity index (χ3v) is 5.98. The van der Waals surface area contributed by atoms with Crippen LogP contribution >= 0.6 is 0 Å². The lowest BCUT2D eigenvalue weighted by atomic mass is 9.94. The first-order valence-corrected chi connectivity index (χ1v) is 10.1. The number of hydrogen-bond acceptors (Lipinski definition) is 3. The number of nitrogens with zero attached hydrogens (tertiary/aromatic N) is 4. The van der Waals surface area contributed by atoms with Crippen LogP contribution in [0.5, 0.6) is 0 Å². The lowest BCUT2D eigenvalue weighted by Crippen LogP contribution is -2.48. The highest BCUT2D eigenvalue weighted by molar-refractivity contribution is 5.84. The van der Waals surface area contributed by atoms with Gasteiger partial charge in [-0.1, -0.05) is 17.7 Å². The van der Waals surface area contributed by atoms with Gasteiger partial charge in [0, 0.05) is 38.1 Å². The number of aryl methyl sites for hydroxylation is 1. The summed E-state index contributed by atoms with van der Waals surface area (Å²) in [5, 5.41) is 0. The second kappa shape index (κ2) is 7.41. The molecule has 6 heteroatoms. The highest BCUT2D eigenvalue weighted by atomic mass is 16.2. The van der Waals surface area contributed by atoms with Crippen LogP contribution in [0.2, 0.25) is 0 Å². The van der Waals surface area contributed by atoms with Crippen LogP contribution < -0.4 is 0 Å². The number of aromatic nitrogens is 2. The van der Waals surface area contributed by atoms with Crippen LogP contribution in [0.15, 0.2) is 36.2 Å². The van der Waals surface area contributed by atoms with Gasteiger partial charge in [-0.2, -0.15) is 0 Å². The fourth-order valence-corrected chi connectivity index (χ4v) is 4.36. The zero-order valence-corrected chi connectivity index (χ0v) is 16.9. The van der Waals surface area contributed by atoms with Gasteiger partial charge < -0.3 is 14.2 Å².